The molecule has 3 heterocycles. The predicted molar refractivity (Wildman–Crippen MR) is 101 cm³/mol. The van der Waals surface area contributed by atoms with Gasteiger partial charge in [0.25, 0.3) is 0 Å². The first-order valence-corrected chi connectivity index (χ1v) is 9.47. The van der Waals surface area contributed by atoms with Crippen LogP contribution >= 0.6 is 0 Å². The van der Waals surface area contributed by atoms with E-state index in [4.69, 9.17) is 19.0 Å². The Hall–Kier alpha value is -2.81. The standard InChI is InChI=1S/C21H22N2O6/c1-26-19-16(21-27-9-10-28-21)11-15(12-22-19)17-13-23(8-7-18(17)24)29-20(25)14-5-3-2-4-6-14/h2-6,11-12,17,21H,7-10,13H2,1H3. The summed E-state index contributed by atoms with van der Waals surface area (Å²) in [5.74, 6) is -0.440. The van der Waals surface area contributed by atoms with Crippen LogP contribution < -0.4 is 4.74 Å². The minimum absolute atomic E-state index is 0.0724. The Morgan fingerprint density at radius 3 is 2.69 bits per heavy atom. The molecule has 1 unspecified atom stereocenters. The highest BCUT2D eigenvalue weighted by Crippen LogP contribution is 2.33. The molecule has 0 saturated carbocycles. The van der Waals surface area contributed by atoms with Gasteiger partial charge in [-0.3, -0.25) is 4.79 Å². The van der Waals surface area contributed by atoms with E-state index in [2.05, 4.69) is 4.98 Å². The molecule has 2 saturated heterocycles. The molecule has 2 aliphatic heterocycles. The molecule has 1 aromatic carbocycles. The van der Waals surface area contributed by atoms with Crippen LogP contribution in [-0.2, 0) is 19.1 Å². The molecule has 0 bridgehead atoms. The number of rotatable bonds is 5. The molecule has 0 aliphatic carbocycles. The molecule has 2 aromatic rings. The second-order valence-electron chi connectivity index (χ2n) is 6.84. The summed E-state index contributed by atoms with van der Waals surface area (Å²) >= 11 is 0. The molecule has 4 rings (SSSR count). The Morgan fingerprint density at radius 2 is 1.97 bits per heavy atom. The Balaban J connectivity index is 1.52. The lowest BCUT2D eigenvalue weighted by Crippen LogP contribution is -2.40. The zero-order valence-electron chi connectivity index (χ0n) is 16.1. The minimum atomic E-state index is -0.567. The first-order valence-electron chi connectivity index (χ1n) is 9.47. The quantitative estimate of drug-likeness (QED) is 0.758. The highest BCUT2D eigenvalue weighted by atomic mass is 16.7. The van der Waals surface area contributed by atoms with Crippen molar-refractivity contribution in [3.63, 3.8) is 0 Å². The highest BCUT2D eigenvalue weighted by molar-refractivity contribution is 5.89. The monoisotopic (exact) mass is 398 g/mol. The van der Waals surface area contributed by atoms with Gasteiger partial charge in [-0.05, 0) is 23.8 Å². The third-order valence-corrected chi connectivity index (χ3v) is 4.98. The molecule has 0 N–H and O–H groups in total. The SMILES string of the molecule is COc1ncc(C2CN(OC(=O)c3ccccc3)CCC2=O)cc1C1OCCO1. The highest BCUT2D eigenvalue weighted by Gasteiger charge is 2.33. The maximum absolute atomic E-state index is 12.6. The van der Waals surface area contributed by atoms with Gasteiger partial charge in [-0.1, -0.05) is 18.2 Å². The zero-order valence-corrected chi connectivity index (χ0v) is 16.1. The van der Waals surface area contributed by atoms with Gasteiger partial charge in [-0.25, -0.2) is 9.78 Å². The van der Waals surface area contributed by atoms with Gasteiger partial charge in [0.15, 0.2) is 6.29 Å². The van der Waals surface area contributed by atoms with E-state index in [1.54, 1.807) is 30.5 Å². The van der Waals surface area contributed by atoms with E-state index in [-0.39, 0.29) is 18.7 Å². The average Bonchev–Trinajstić information content (AvgIpc) is 3.30. The largest absolute Gasteiger partial charge is 0.481 e. The molecular weight excluding hydrogens is 376 g/mol. The number of carbonyl (C=O) groups is 2. The Morgan fingerprint density at radius 1 is 1.21 bits per heavy atom. The number of benzene rings is 1. The zero-order chi connectivity index (χ0) is 20.2. The van der Waals surface area contributed by atoms with Crippen LogP contribution in [0.4, 0.5) is 0 Å². The number of aromatic nitrogens is 1. The fourth-order valence-electron chi connectivity index (χ4n) is 3.48. The first kappa shape index (κ1) is 19.5. The van der Waals surface area contributed by atoms with E-state index < -0.39 is 18.2 Å². The number of pyridine rings is 1. The molecule has 152 valence electrons. The molecule has 0 radical (unpaired) electrons. The van der Waals surface area contributed by atoms with Crippen LogP contribution in [-0.4, -0.2) is 55.2 Å². The number of hydrogen-bond acceptors (Lipinski definition) is 8. The van der Waals surface area contributed by atoms with E-state index in [0.29, 0.717) is 42.3 Å². The third-order valence-electron chi connectivity index (χ3n) is 4.98. The molecule has 8 heteroatoms. The van der Waals surface area contributed by atoms with Crippen molar-refractivity contribution >= 4 is 11.8 Å². The van der Waals surface area contributed by atoms with Crippen molar-refractivity contribution in [2.45, 2.75) is 18.6 Å². The van der Waals surface area contributed by atoms with Gasteiger partial charge in [0.05, 0.1) is 37.4 Å². The number of ether oxygens (including phenoxy) is 3. The van der Waals surface area contributed by atoms with Crippen molar-refractivity contribution < 1.29 is 28.6 Å². The number of hydroxylamine groups is 2. The summed E-state index contributed by atoms with van der Waals surface area (Å²) in [7, 11) is 1.52. The lowest BCUT2D eigenvalue weighted by atomic mass is 9.90. The fraction of sp³-hybridized carbons (Fsp3) is 0.381. The normalized spacial score (nSPS) is 20.6. The van der Waals surface area contributed by atoms with E-state index in [9.17, 15) is 9.59 Å². The van der Waals surface area contributed by atoms with Crippen molar-refractivity contribution in [3.05, 3.63) is 59.3 Å². The topological polar surface area (TPSA) is 87.2 Å². The maximum Gasteiger partial charge on any atom is 0.357 e. The Bertz CT molecular complexity index is 882. The van der Waals surface area contributed by atoms with E-state index in [1.807, 2.05) is 12.1 Å². The molecular formula is C21H22N2O6. The number of methoxy groups -OCH3 is 1. The van der Waals surface area contributed by atoms with E-state index in [0.717, 1.165) is 0 Å². The van der Waals surface area contributed by atoms with Crippen molar-refractivity contribution in [2.24, 2.45) is 0 Å². The summed E-state index contributed by atoms with van der Waals surface area (Å²) in [5.41, 5.74) is 1.82. The molecule has 2 fully saturated rings. The molecule has 8 nitrogen and oxygen atoms in total. The van der Waals surface area contributed by atoms with Gasteiger partial charge < -0.3 is 19.0 Å². The summed E-state index contributed by atoms with van der Waals surface area (Å²) in [6.07, 6.45) is 1.33. The molecule has 29 heavy (non-hydrogen) atoms. The molecule has 2 aliphatic rings. The van der Waals surface area contributed by atoms with Crippen LogP contribution in [0.15, 0.2) is 42.6 Å². The number of hydrogen-bond donors (Lipinski definition) is 0. The molecule has 1 atom stereocenters. The summed E-state index contributed by atoms with van der Waals surface area (Å²) in [6, 6.07) is 10.6. The summed E-state index contributed by atoms with van der Waals surface area (Å²) in [4.78, 5) is 34.8. The van der Waals surface area contributed by atoms with Crippen molar-refractivity contribution in [2.75, 3.05) is 33.4 Å². The number of nitrogens with zero attached hydrogens (tertiary/aromatic N) is 2. The first-order chi connectivity index (χ1) is 14.2. The van der Waals surface area contributed by atoms with Gasteiger partial charge >= 0.3 is 5.97 Å². The van der Waals surface area contributed by atoms with Crippen LogP contribution in [0.2, 0.25) is 0 Å². The summed E-state index contributed by atoms with van der Waals surface area (Å²) < 4.78 is 16.4. The van der Waals surface area contributed by atoms with Crippen molar-refractivity contribution in [3.8, 4) is 5.88 Å². The van der Waals surface area contributed by atoms with Gasteiger partial charge in [0, 0.05) is 25.7 Å². The number of Topliss-reactive ketones (excluding diaryl/α,β-unsaturated/α-hetero) is 1. The van der Waals surface area contributed by atoms with Crippen LogP contribution in [0, 0.1) is 0 Å². The van der Waals surface area contributed by atoms with E-state index in [1.165, 1.54) is 12.2 Å². The van der Waals surface area contributed by atoms with E-state index >= 15 is 0 Å². The fourth-order valence-corrected chi connectivity index (χ4v) is 3.48. The molecule has 0 amide bonds. The summed E-state index contributed by atoms with van der Waals surface area (Å²) in [6.45, 7) is 1.60. The number of ketones is 1. The molecule has 0 spiro atoms. The number of carbonyl (C=O) groups excluding carboxylic acids is 2. The van der Waals surface area contributed by atoms with Crippen LogP contribution in [0.3, 0.4) is 0 Å². The van der Waals surface area contributed by atoms with Gasteiger partial charge in [0.1, 0.15) is 5.78 Å². The van der Waals surface area contributed by atoms with Crippen LogP contribution in [0.25, 0.3) is 0 Å². The van der Waals surface area contributed by atoms with Gasteiger partial charge in [0.2, 0.25) is 5.88 Å². The molecule has 1 aromatic heterocycles. The predicted octanol–water partition coefficient (Wildman–Crippen LogP) is 2.27. The minimum Gasteiger partial charge on any atom is -0.481 e. The maximum atomic E-state index is 12.6. The second kappa shape index (κ2) is 8.69. The second-order valence-corrected chi connectivity index (χ2v) is 6.84. The van der Waals surface area contributed by atoms with Crippen LogP contribution in [0.5, 0.6) is 5.88 Å². The van der Waals surface area contributed by atoms with Crippen LogP contribution in [0.1, 0.15) is 40.1 Å². The Kier molecular flexibility index (Phi) is 5.84. The lowest BCUT2D eigenvalue weighted by Gasteiger charge is -2.30. The lowest BCUT2D eigenvalue weighted by molar-refractivity contribution is -0.145. The average molecular weight is 398 g/mol. The van der Waals surface area contributed by atoms with Crippen molar-refractivity contribution in [1.82, 2.24) is 10.0 Å². The van der Waals surface area contributed by atoms with Gasteiger partial charge in [-0.15, -0.1) is 5.06 Å². The summed E-state index contributed by atoms with van der Waals surface area (Å²) in [5, 5.41) is 1.54. The van der Waals surface area contributed by atoms with Gasteiger partial charge in [-0.2, -0.15) is 0 Å². The smallest absolute Gasteiger partial charge is 0.357 e. The third kappa shape index (κ3) is 4.29. The Labute approximate surface area is 168 Å². The van der Waals surface area contributed by atoms with Crippen molar-refractivity contribution in [1.29, 1.82) is 0 Å². The number of piperidine rings is 1.